The molecule has 0 aliphatic heterocycles. The normalized spacial score (nSPS) is 19.8. The first kappa shape index (κ1) is 12.2. The van der Waals surface area contributed by atoms with E-state index in [1.807, 2.05) is 13.8 Å². The van der Waals surface area contributed by atoms with Gasteiger partial charge in [0.05, 0.1) is 5.41 Å². The largest absolute Gasteiger partial charge is 0.481 e. The summed E-state index contributed by atoms with van der Waals surface area (Å²) in [5.74, 6) is -0.437. The van der Waals surface area contributed by atoms with Crippen LogP contribution in [0.25, 0.3) is 0 Å². The third kappa shape index (κ3) is 2.08. The van der Waals surface area contributed by atoms with Crippen LogP contribution in [-0.2, 0) is 17.6 Å². The molecule has 0 radical (unpaired) electrons. The van der Waals surface area contributed by atoms with Gasteiger partial charge in [-0.2, -0.15) is 0 Å². The van der Waals surface area contributed by atoms with Crippen LogP contribution in [0.2, 0.25) is 0 Å². The van der Waals surface area contributed by atoms with Crippen LogP contribution in [0, 0.1) is 18.3 Å². The molecule has 0 saturated heterocycles. The van der Waals surface area contributed by atoms with Crippen LogP contribution in [0.15, 0.2) is 18.2 Å². The van der Waals surface area contributed by atoms with Crippen molar-refractivity contribution >= 4 is 5.97 Å². The number of benzene rings is 1. The van der Waals surface area contributed by atoms with Gasteiger partial charge in [-0.1, -0.05) is 18.2 Å². The van der Waals surface area contributed by atoms with Gasteiger partial charge in [0.15, 0.2) is 0 Å². The zero-order valence-corrected chi connectivity index (χ0v) is 10.8. The molecular weight excluding hydrogens is 212 g/mol. The molecule has 2 rings (SSSR count). The molecule has 17 heavy (non-hydrogen) atoms. The van der Waals surface area contributed by atoms with Crippen LogP contribution in [0.4, 0.5) is 0 Å². The van der Waals surface area contributed by atoms with Crippen molar-refractivity contribution in [2.45, 2.75) is 40.0 Å². The summed E-state index contributed by atoms with van der Waals surface area (Å²) in [6.45, 7) is 5.82. The molecule has 0 amide bonds. The number of rotatable bonds is 2. The standard InChI is InChI=1S/C15H20O2/c1-10-5-4-6-11-7-8-12(9-13(10)11)15(2,3)14(16)17/h4-6,12H,7-9H2,1-3H3,(H,16,17). The first-order valence-corrected chi connectivity index (χ1v) is 6.23. The minimum Gasteiger partial charge on any atom is -0.481 e. The van der Waals surface area contributed by atoms with Gasteiger partial charge in [-0.15, -0.1) is 0 Å². The number of aryl methyl sites for hydroxylation is 2. The van der Waals surface area contributed by atoms with Crippen LogP contribution in [-0.4, -0.2) is 11.1 Å². The summed E-state index contributed by atoms with van der Waals surface area (Å²) in [4.78, 5) is 11.3. The molecule has 1 N–H and O–H groups in total. The Labute approximate surface area is 103 Å². The Morgan fingerprint density at radius 1 is 1.41 bits per heavy atom. The van der Waals surface area contributed by atoms with E-state index in [1.54, 1.807) is 0 Å². The maximum Gasteiger partial charge on any atom is 0.309 e. The third-order valence-corrected chi connectivity index (χ3v) is 4.29. The van der Waals surface area contributed by atoms with Gasteiger partial charge in [0.1, 0.15) is 0 Å². The molecule has 1 atom stereocenters. The first-order valence-electron chi connectivity index (χ1n) is 6.23. The van der Waals surface area contributed by atoms with E-state index >= 15 is 0 Å². The quantitative estimate of drug-likeness (QED) is 0.850. The van der Waals surface area contributed by atoms with E-state index in [1.165, 1.54) is 16.7 Å². The summed E-state index contributed by atoms with van der Waals surface area (Å²) in [5.41, 5.74) is 3.45. The highest BCUT2D eigenvalue weighted by molar-refractivity contribution is 5.74. The van der Waals surface area contributed by atoms with Gasteiger partial charge < -0.3 is 5.11 Å². The molecule has 1 aromatic carbocycles. The van der Waals surface area contributed by atoms with Crippen molar-refractivity contribution in [2.24, 2.45) is 11.3 Å². The molecule has 0 spiro atoms. The van der Waals surface area contributed by atoms with Crippen LogP contribution in [0.5, 0.6) is 0 Å². The molecule has 2 heteroatoms. The Balaban J connectivity index is 2.30. The maximum atomic E-state index is 11.3. The average molecular weight is 232 g/mol. The molecule has 0 saturated carbocycles. The minimum absolute atomic E-state index is 0.244. The van der Waals surface area contributed by atoms with Gasteiger partial charge in [-0.05, 0) is 62.6 Å². The molecule has 0 bridgehead atoms. The highest BCUT2D eigenvalue weighted by atomic mass is 16.4. The van der Waals surface area contributed by atoms with Crippen LogP contribution >= 0.6 is 0 Å². The summed E-state index contributed by atoms with van der Waals surface area (Å²) in [7, 11) is 0. The average Bonchev–Trinajstić information content (AvgIpc) is 2.29. The van der Waals surface area contributed by atoms with Crippen molar-refractivity contribution < 1.29 is 9.90 Å². The fraction of sp³-hybridized carbons (Fsp3) is 0.533. The van der Waals surface area contributed by atoms with E-state index in [0.29, 0.717) is 0 Å². The number of aliphatic carboxylic acids is 1. The molecule has 2 nitrogen and oxygen atoms in total. The number of hydrogen-bond acceptors (Lipinski definition) is 1. The Kier molecular flexibility index (Phi) is 2.98. The third-order valence-electron chi connectivity index (χ3n) is 4.29. The van der Waals surface area contributed by atoms with Gasteiger partial charge in [-0.3, -0.25) is 4.79 Å². The number of carboxylic acids is 1. The lowest BCUT2D eigenvalue weighted by Crippen LogP contribution is -2.36. The Bertz CT molecular complexity index is 446. The van der Waals surface area contributed by atoms with Crippen molar-refractivity contribution in [1.29, 1.82) is 0 Å². The van der Waals surface area contributed by atoms with Gasteiger partial charge >= 0.3 is 5.97 Å². The van der Waals surface area contributed by atoms with E-state index in [4.69, 9.17) is 0 Å². The molecular formula is C15H20O2. The zero-order valence-electron chi connectivity index (χ0n) is 10.8. The summed E-state index contributed by atoms with van der Waals surface area (Å²) in [5, 5.41) is 9.31. The van der Waals surface area contributed by atoms with Crippen molar-refractivity contribution in [3.63, 3.8) is 0 Å². The monoisotopic (exact) mass is 232 g/mol. The molecule has 92 valence electrons. The van der Waals surface area contributed by atoms with E-state index < -0.39 is 11.4 Å². The lowest BCUT2D eigenvalue weighted by Gasteiger charge is -2.35. The Morgan fingerprint density at radius 2 is 2.12 bits per heavy atom. The summed E-state index contributed by atoms with van der Waals surface area (Å²) < 4.78 is 0. The highest BCUT2D eigenvalue weighted by Crippen LogP contribution is 2.38. The summed E-state index contributed by atoms with van der Waals surface area (Å²) >= 11 is 0. The second kappa shape index (κ2) is 4.17. The molecule has 1 aliphatic rings. The van der Waals surface area contributed by atoms with Gasteiger partial charge in [0.25, 0.3) is 0 Å². The molecule has 1 unspecified atom stereocenters. The van der Waals surface area contributed by atoms with Crippen LogP contribution in [0.1, 0.15) is 37.0 Å². The minimum atomic E-state index is -0.681. The molecule has 0 aromatic heterocycles. The summed E-state index contributed by atoms with van der Waals surface area (Å²) in [6, 6.07) is 6.39. The van der Waals surface area contributed by atoms with Crippen molar-refractivity contribution in [3.8, 4) is 0 Å². The molecule has 1 aliphatic carbocycles. The second-order valence-electron chi connectivity index (χ2n) is 5.68. The predicted octanol–water partition coefficient (Wildman–Crippen LogP) is 3.21. The van der Waals surface area contributed by atoms with Crippen molar-refractivity contribution in [3.05, 3.63) is 34.9 Å². The van der Waals surface area contributed by atoms with Crippen molar-refractivity contribution in [1.82, 2.24) is 0 Å². The molecule has 0 fully saturated rings. The van der Waals surface area contributed by atoms with Crippen molar-refractivity contribution in [2.75, 3.05) is 0 Å². The predicted molar refractivity (Wildman–Crippen MR) is 68.1 cm³/mol. The summed E-state index contributed by atoms with van der Waals surface area (Å²) in [6.07, 6.45) is 2.90. The van der Waals surface area contributed by atoms with E-state index in [9.17, 15) is 9.90 Å². The number of carbonyl (C=O) groups is 1. The number of fused-ring (bicyclic) bond motifs is 1. The van der Waals surface area contributed by atoms with Gasteiger partial charge in [0, 0.05) is 0 Å². The molecule has 1 aromatic rings. The fourth-order valence-corrected chi connectivity index (χ4v) is 2.76. The Morgan fingerprint density at radius 3 is 2.76 bits per heavy atom. The first-order chi connectivity index (χ1) is 7.93. The second-order valence-corrected chi connectivity index (χ2v) is 5.68. The fourth-order valence-electron chi connectivity index (χ4n) is 2.76. The van der Waals surface area contributed by atoms with Crippen LogP contribution in [0.3, 0.4) is 0 Å². The van der Waals surface area contributed by atoms with E-state index in [-0.39, 0.29) is 5.92 Å². The number of carboxylic acid groups (broad SMARTS) is 1. The topological polar surface area (TPSA) is 37.3 Å². The lowest BCUT2D eigenvalue weighted by atomic mass is 9.69. The number of hydrogen-bond donors (Lipinski definition) is 1. The van der Waals surface area contributed by atoms with Gasteiger partial charge in [0.2, 0.25) is 0 Å². The van der Waals surface area contributed by atoms with E-state index in [2.05, 4.69) is 25.1 Å². The van der Waals surface area contributed by atoms with E-state index in [0.717, 1.165) is 19.3 Å². The Hall–Kier alpha value is -1.31. The maximum absolute atomic E-state index is 11.3. The highest BCUT2D eigenvalue weighted by Gasteiger charge is 2.38. The zero-order chi connectivity index (χ0) is 12.6. The SMILES string of the molecule is Cc1cccc2c1CC(C(C)(C)C(=O)O)CC2. The van der Waals surface area contributed by atoms with Gasteiger partial charge in [-0.25, -0.2) is 0 Å². The van der Waals surface area contributed by atoms with Crippen LogP contribution < -0.4 is 0 Å². The smallest absolute Gasteiger partial charge is 0.309 e. The molecule has 0 heterocycles. The lowest BCUT2D eigenvalue weighted by molar-refractivity contribution is -0.150.